The molecule has 3 aromatic heterocycles. The quantitative estimate of drug-likeness (QED) is 0.181. The third-order valence-corrected chi connectivity index (χ3v) is 10.1. The Labute approximate surface area is 284 Å². The molecule has 2 aliphatic rings. The van der Waals surface area contributed by atoms with E-state index in [0.29, 0.717) is 0 Å². The second-order valence-electron chi connectivity index (χ2n) is 12.2. The van der Waals surface area contributed by atoms with Crippen molar-refractivity contribution in [1.82, 2.24) is 19.9 Å². The lowest BCUT2D eigenvalue weighted by atomic mass is 9.92. The molecule has 0 saturated carbocycles. The van der Waals surface area contributed by atoms with Gasteiger partial charge in [0.1, 0.15) is 59.0 Å². The highest BCUT2D eigenvalue weighted by molar-refractivity contribution is 7.23. The highest BCUT2D eigenvalue weighted by atomic mass is 32.1. The fourth-order valence-electron chi connectivity index (χ4n) is 6.82. The van der Waals surface area contributed by atoms with Gasteiger partial charge in [-0.2, -0.15) is 15.2 Å². The van der Waals surface area contributed by atoms with Crippen LogP contribution in [0.4, 0.5) is 43.0 Å². The van der Waals surface area contributed by atoms with Crippen molar-refractivity contribution in [3.63, 3.8) is 0 Å². The van der Waals surface area contributed by atoms with Crippen LogP contribution in [0.25, 0.3) is 32.1 Å². The van der Waals surface area contributed by atoms with Gasteiger partial charge in [0.25, 0.3) is 12.3 Å². The number of halogens is 6. The SMILES string of the molecule is Cc1c(-c2ccc(F)c3sc(N)c(C#N)c23)c(F)c2nc(OC[C@@H]3CC(F)(F)CN3C)nc3c2c1OCCN3[C@@H](c1cccnc1N)C(F)F. The first-order chi connectivity index (χ1) is 23.8. The van der Waals surface area contributed by atoms with Gasteiger partial charge in [0, 0.05) is 40.7 Å². The Morgan fingerprint density at radius 3 is 2.64 bits per heavy atom. The predicted molar refractivity (Wildman–Crippen MR) is 176 cm³/mol. The first-order valence-electron chi connectivity index (χ1n) is 15.3. The predicted octanol–water partition coefficient (Wildman–Crippen LogP) is 6.45. The number of pyridine rings is 1. The van der Waals surface area contributed by atoms with E-state index in [1.54, 1.807) is 0 Å². The van der Waals surface area contributed by atoms with Crippen molar-refractivity contribution in [1.29, 1.82) is 5.26 Å². The number of anilines is 3. The van der Waals surface area contributed by atoms with E-state index < -0.39 is 60.6 Å². The molecule has 4 N–H and O–H groups in total. The van der Waals surface area contributed by atoms with Gasteiger partial charge >= 0.3 is 6.01 Å². The van der Waals surface area contributed by atoms with E-state index in [1.807, 2.05) is 6.07 Å². The number of nitrogens with zero attached hydrogens (tertiary/aromatic N) is 6. The molecule has 2 aromatic carbocycles. The number of ether oxygens (including phenoxy) is 2. The Kier molecular flexibility index (Phi) is 8.26. The number of nitriles is 1. The lowest BCUT2D eigenvalue weighted by Gasteiger charge is -2.32. The normalized spacial score (nSPS) is 18.0. The molecule has 260 valence electrons. The maximum Gasteiger partial charge on any atom is 0.319 e. The van der Waals surface area contributed by atoms with E-state index in [2.05, 4.69) is 15.0 Å². The molecule has 5 heterocycles. The van der Waals surface area contributed by atoms with Crippen LogP contribution in [0.15, 0.2) is 30.5 Å². The molecule has 0 amide bonds. The molecule has 7 rings (SSSR count). The molecule has 2 atom stereocenters. The molecule has 5 aromatic rings. The number of nitrogens with two attached hydrogens (primary N) is 2. The van der Waals surface area contributed by atoms with E-state index in [9.17, 15) is 18.4 Å². The Morgan fingerprint density at radius 2 is 1.96 bits per heavy atom. The summed E-state index contributed by atoms with van der Waals surface area (Å²) < 4.78 is 103. The Bertz CT molecular complexity index is 2210. The van der Waals surface area contributed by atoms with Gasteiger partial charge in [-0.15, -0.1) is 11.3 Å². The molecule has 0 unspecified atom stereocenters. The monoisotopic (exact) mass is 714 g/mol. The standard InChI is InChI=1S/C33H28F6N8O2S/c1-14-20(16-5-6-19(34)27-21(16)18(11-40)30(42)50-27)23(35)24-22-26(14)48-9-8-47(25(28(36)37)17-4-3-7-43-29(17)41)31(22)45-32(44-24)49-12-15-10-33(38,39)13-46(15)2/h3-7,15,25,28H,8-10,12-13,42H2,1-2H3,(H2,41,43)/t15-,25-/m0/s1. The van der Waals surface area contributed by atoms with Crippen LogP contribution in [-0.2, 0) is 0 Å². The zero-order valence-electron chi connectivity index (χ0n) is 26.5. The Morgan fingerprint density at radius 1 is 1.18 bits per heavy atom. The van der Waals surface area contributed by atoms with Gasteiger partial charge in [-0.05, 0) is 31.7 Å². The molecule has 0 aliphatic carbocycles. The number of benzene rings is 2. The van der Waals surface area contributed by atoms with Crippen LogP contribution < -0.4 is 25.8 Å². The summed E-state index contributed by atoms with van der Waals surface area (Å²) in [5.41, 5.74) is 11.9. The highest BCUT2D eigenvalue weighted by Gasteiger charge is 2.44. The molecular weight excluding hydrogens is 686 g/mol. The van der Waals surface area contributed by atoms with Crippen LogP contribution in [0.5, 0.6) is 11.8 Å². The summed E-state index contributed by atoms with van der Waals surface area (Å²) in [5, 5.41) is 9.96. The number of likely N-dealkylation sites (N-methyl/N-ethyl adjacent to an activating group) is 1. The molecule has 0 spiro atoms. The van der Waals surface area contributed by atoms with Gasteiger partial charge in [-0.25, -0.2) is 31.3 Å². The number of thiophene rings is 1. The van der Waals surface area contributed by atoms with Crippen molar-refractivity contribution >= 4 is 49.0 Å². The molecule has 1 saturated heterocycles. The van der Waals surface area contributed by atoms with Crippen LogP contribution in [0, 0.1) is 29.9 Å². The maximum absolute atomic E-state index is 17.2. The van der Waals surface area contributed by atoms with Crippen molar-refractivity contribution in [2.75, 3.05) is 49.7 Å². The third-order valence-electron chi connectivity index (χ3n) is 9.10. The van der Waals surface area contributed by atoms with Crippen molar-refractivity contribution in [2.24, 2.45) is 0 Å². The minimum atomic E-state index is -3.04. The highest BCUT2D eigenvalue weighted by Crippen LogP contribution is 2.50. The van der Waals surface area contributed by atoms with Crippen molar-refractivity contribution in [2.45, 2.75) is 37.8 Å². The summed E-state index contributed by atoms with van der Waals surface area (Å²) in [5.74, 6) is -4.87. The smallest absolute Gasteiger partial charge is 0.319 e. The number of alkyl halides is 4. The van der Waals surface area contributed by atoms with Crippen LogP contribution in [0.1, 0.15) is 29.2 Å². The number of fused-ring (bicyclic) bond motifs is 1. The molecule has 17 heteroatoms. The topological polar surface area (TPSA) is 139 Å². The maximum atomic E-state index is 17.2. The average Bonchev–Trinajstić information content (AvgIpc) is 3.47. The van der Waals surface area contributed by atoms with Crippen molar-refractivity contribution in [3.05, 3.63) is 58.8 Å². The molecule has 0 radical (unpaired) electrons. The van der Waals surface area contributed by atoms with Gasteiger partial charge in [0.15, 0.2) is 5.82 Å². The van der Waals surface area contributed by atoms with Crippen LogP contribution in [0.3, 0.4) is 0 Å². The van der Waals surface area contributed by atoms with Gasteiger partial charge in [-0.3, -0.25) is 4.90 Å². The molecule has 10 nitrogen and oxygen atoms in total. The Hall–Kier alpha value is -5.08. The van der Waals surface area contributed by atoms with E-state index in [1.165, 1.54) is 48.2 Å². The first kappa shape index (κ1) is 33.4. The molecular formula is C33H28F6N8O2S. The molecule has 2 aliphatic heterocycles. The van der Waals surface area contributed by atoms with E-state index in [4.69, 9.17) is 20.9 Å². The van der Waals surface area contributed by atoms with Crippen molar-refractivity contribution < 1.29 is 35.8 Å². The zero-order valence-corrected chi connectivity index (χ0v) is 27.3. The van der Waals surface area contributed by atoms with Crippen molar-refractivity contribution in [3.8, 4) is 29.0 Å². The Balaban J connectivity index is 1.49. The largest absolute Gasteiger partial charge is 0.491 e. The van der Waals surface area contributed by atoms with Gasteiger partial charge in [0.2, 0.25) is 0 Å². The number of nitrogen functional groups attached to an aromatic ring is 2. The van der Waals surface area contributed by atoms with Gasteiger partial charge < -0.3 is 25.8 Å². The number of hydrogen-bond donors (Lipinski definition) is 2. The minimum absolute atomic E-state index is 0.0170. The summed E-state index contributed by atoms with van der Waals surface area (Å²) in [6, 6.07) is 4.31. The van der Waals surface area contributed by atoms with Crippen LogP contribution in [0.2, 0.25) is 0 Å². The fraction of sp³-hybridized carbons (Fsp3) is 0.333. The number of likely N-dealkylation sites (tertiary alicyclic amines) is 1. The number of aromatic nitrogens is 3. The van der Waals surface area contributed by atoms with E-state index in [-0.39, 0.29) is 85.4 Å². The summed E-state index contributed by atoms with van der Waals surface area (Å²) >= 11 is 0.838. The number of rotatable bonds is 7. The van der Waals surface area contributed by atoms with E-state index >= 15 is 13.2 Å². The zero-order chi connectivity index (χ0) is 35.6. The minimum Gasteiger partial charge on any atom is -0.491 e. The van der Waals surface area contributed by atoms with Gasteiger partial charge in [-0.1, -0.05) is 12.1 Å². The lowest BCUT2D eigenvalue weighted by molar-refractivity contribution is 0.0136. The molecule has 1 fully saturated rings. The summed E-state index contributed by atoms with van der Waals surface area (Å²) in [4.78, 5) is 15.4. The van der Waals surface area contributed by atoms with E-state index in [0.717, 1.165) is 17.4 Å². The summed E-state index contributed by atoms with van der Waals surface area (Å²) in [6.45, 7) is 0.369. The van der Waals surface area contributed by atoms with Crippen LogP contribution >= 0.6 is 11.3 Å². The first-order valence-corrected chi connectivity index (χ1v) is 16.2. The third kappa shape index (κ3) is 5.42. The second-order valence-corrected chi connectivity index (χ2v) is 13.2. The van der Waals surface area contributed by atoms with Gasteiger partial charge in [0.05, 0.1) is 28.7 Å². The fourth-order valence-corrected chi connectivity index (χ4v) is 7.77. The molecule has 50 heavy (non-hydrogen) atoms. The number of hydrogen-bond acceptors (Lipinski definition) is 11. The lowest BCUT2D eigenvalue weighted by Crippen LogP contribution is -2.37. The second kappa shape index (κ2) is 12.4. The summed E-state index contributed by atoms with van der Waals surface area (Å²) in [7, 11) is 1.51. The van der Waals surface area contributed by atoms with Crippen LogP contribution in [-0.4, -0.2) is 71.6 Å². The summed E-state index contributed by atoms with van der Waals surface area (Å²) in [6.07, 6.45) is -2.20. The average molecular weight is 715 g/mol. The molecule has 0 bridgehead atoms.